The molecule has 1 aromatic carbocycles. The number of aromatic nitrogens is 3. The van der Waals surface area contributed by atoms with Crippen molar-refractivity contribution in [2.75, 3.05) is 0 Å². The van der Waals surface area contributed by atoms with Gasteiger partial charge >= 0.3 is 7.12 Å². The third kappa shape index (κ3) is 2.56. The van der Waals surface area contributed by atoms with Gasteiger partial charge in [-0.1, -0.05) is 18.2 Å². The van der Waals surface area contributed by atoms with Crippen molar-refractivity contribution in [3.63, 3.8) is 0 Å². The molecule has 0 saturated carbocycles. The van der Waals surface area contributed by atoms with Gasteiger partial charge in [-0.3, -0.25) is 4.57 Å². The molecule has 0 radical (unpaired) electrons. The summed E-state index contributed by atoms with van der Waals surface area (Å²) < 4.78 is 14.5. The molecule has 0 spiro atoms. The number of para-hydroxylation sites is 1. The number of rotatable bonds is 2. The summed E-state index contributed by atoms with van der Waals surface area (Å²) in [5.74, 6) is 0.816. The van der Waals surface area contributed by atoms with E-state index in [4.69, 9.17) is 14.3 Å². The second-order valence-electron chi connectivity index (χ2n) is 8.28. The van der Waals surface area contributed by atoms with Crippen molar-refractivity contribution in [1.29, 1.82) is 0 Å². The van der Waals surface area contributed by atoms with Crippen LogP contribution in [0.25, 0.3) is 28.1 Å². The smallest absolute Gasteiger partial charge is 0.399 e. The summed E-state index contributed by atoms with van der Waals surface area (Å²) >= 11 is 0. The summed E-state index contributed by atoms with van der Waals surface area (Å²) in [5, 5.41) is 1.11. The molecule has 1 fully saturated rings. The van der Waals surface area contributed by atoms with E-state index < -0.39 is 7.12 Å². The molecule has 2 aromatic rings. The van der Waals surface area contributed by atoms with Crippen LogP contribution in [-0.2, 0) is 9.31 Å². The third-order valence-electron chi connectivity index (χ3n) is 5.91. The zero-order valence-electron chi connectivity index (χ0n) is 16.5. The van der Waals surface area contributed by atoms with Crippen molar-refractivity contribution < 1.29 is 9.31 Å². The standard InChI is InChI=1S/C22H22BN3O2/c1-21(2)22(3,4)28-23(27-21)15-11-12-24-19(14-15)26-13-7-10-18-20(26)16-8-5-6-9-17(16)25-18/h5-14H,1-4H3. The molecule has 4 heterocycles. The zero-order valence-corrected chi connectivity index (χ0v) is 16.5. The maximum atomic E-state index is 6.21. The van der Waals surface area contributed by atoms with E-state index >= 15 is 0 Å². The van der Waals surface area contributed by atoms with E-state index in [1.807, 2.05) is 48.7 Å². The predicted octanol–water partition coefficient (Wildman–Crippen LogP) is 3.82. The molecule has 5 rings (SSSR count). The van der Waals surface area contributed by atoms with E-state index in [1.54, 1.807) is 6.20 Å². The molecule has 0 N–H and O–H groups in total. The molecule has 3 aliphatic heterocycles. The molecular weight excluding hydrogens is 349 g/mol. The van der Waals surface area contributed by atoms with E-state index in [0.29, 0.717) is 0 Å². The minimum atomic E-state index is -0.416. The van der Waals surface area contributed by atoms with Crippen LogP contribution in [0, 0.1) is 0 Å². The van der Waals surface area contributed by atoms with Crippen LogP contribution >= 0.6 is 0 Å². The first-order valence-electron chi connectivity index (χ1n) is 9.53. The fourth-order valence-corrected chi connectivity index (χ4v) is 3.64. The molecule has 3 aliphatic rings. The molecule has 0 bridgehead atoms. The Bertz CT molecular complexity index is 1140. The van der Waals surface area contributed by atoms with E-state index in [2.05, 4.69) is 43.3 Å². The Morgan fingerprint density at radius 3 is 2.46 bits per heavy atom. The van der Waals surface area contributed by atoms with Crippen LogP contribution in [0.15, 0.2) is 60.9 Å². The monoisotopic (exact) mass is 371 g/mol. The molecular formula is C22H22BN3O2. The molecule has 1 saturated heterocycles. The average Bonchev–Trinajstić information content (AvgIpc) is 3.15. The van der Waals surface area contributed by atoms with Crippen LogP contribution in [-0.4, -0.2) is 32.9 Å². The zero-order chi connectivity index (χ0) is 19.5. The molecule has 0 atom stereocenters. The Hall–Kier alpha value is -2.70. The van der Waals surface area contributed by atoms with E-state index in [0.717, 1.165) is 33.6 Å². The summed E-state index contributed by atoms with van der Waals surface area (Å²) in [6.07, 6.45) is 3.83. The first-order valence-corrected chi connectivity index (χ1v) is 9.53. The highest BCUT2D eigenvalue weighted by atomic mass is 16.7. The Morgan fingerprint density at radius 1 is 0.929 bits per heavy atom. The number of hydrogen-bond acceptors (Lipinski definition) is 4. The van der Waals surface area contributed by atoms with Gasteiger partial charge < -0.3 is 9.31 Å². The first kappa shape index (κ1) is 17.4. The van der Waals surface area contributed by atoms with Crippen molar-refractivity contribution in [1.82, 2.24) is 14.5 Å². The number of benzene rings is 1. The second-order valence-corrected chi connectivity index (χ2v) is 8.28. The maximum absolute atomic E-state index is 6.21. The van der Waals surface area contributed by atoms with Crippen molar-refractivity contribution in [3.05, 3.63) is 60.9 Å². The Balaban J connectivity index is 1.62. The quantitative estimate of drug-likeness (QED) is 0.503. The fraction of sp³-hybridized carbons (Fsp3) is 0.273. The minimum absolute atomic E-state index is 0.375. The lowest BCUT2D eigenvalue weighted by molar-refractivity contribution is 0.00578. The molecule has 1 aromatic heterocycles. The molecule has 5 nitrogen and oxygen atoms in total. The van der Waals surface area contributed by atoms with Gasteiger partial charge in [0.05, 0.1) is 28.1 Å². The number of pyridine rings is 2. The van der Waals surface area contributed by atoms with Gasteiger partial charge in [0.25, 0.3) is 0 Å². The van der Waals surface area contributed by atoms with Crippen LogP contribution in [0.3, 0.4) is 0 Å². The van der Waals surface area contributed by atoms with Gasteiger partial charge in [-0.2, -0.15) is 0 Å². The topological polar surface area (TPSA) is 49.2 Å². The van der Waals surface area contributed by atoms with Gasteiger partial charge in [-0.05, 0) is 63.5 Å². The Kier molecular flexibility index (Phi) is 3.67. The van der Waals surface area contributed by atoms with Gasteiger partial charge in [-0.25, -0.2) is 9.97 Å². The van der Waals surface area contributed by atoms with E-state index in [-0.39, 0.29) is 11.2 Å². The average molecular weight is 371 g/mol. The van der Waals surface area contributed by atoms with Crippen LogP contribution in [0.1, 0.15) is 27.7 Å². The molecule has 0 amide bonds. The third-order valence-corrected chi connectivity index (χ3v) is 5.91. The molecule has 28 heavy (non-hydrogen) atoms. The van der Waals surface area contributed by atoms with Gasteiger partial charge in [-0.15, -0.1) is 0 Å². The van der Waals surface area contributed by atoms with Crippen LogP contribution in [0.4, 0.5) is 0 Å². The number of hydrogen-bond donors (Lipinski definition) is 0. The first-order chi connectivity index (χ1) is 13.4. The van der Waals surface area contributed by atoms with Crippen LogP contribution in [0.5, 0.6) is 0 Å². The highest BCUT2D eigenvalue weighted by Gasteiger charge is 2.51. The largest absolute Gasteiger partial charge is 0.495 e. The van der Waals surface area contributed by atoms with Crippen molar-refractivity contribution >= 4 is 23.5 Å². The van der Waals surface area contributed by atoms with Gasteiger partial charge in [0.2, 0.25) is 0 Å². The fourth-order valence-electron chi connectivity index (χ4n) is 3.64. The summed E-state index contributed by atoms with van der Waals surface area (Å²) in [6, 6.07) is 16.2. The predicted molar refractivity (Wildman–Crippen MR) is 111 cm³/mol. The lowest BCUT2D eigenvalue weighted by atomic mass is 9.79. The highest BCUT2D eigenvalue weighted by Crippen LogP contribution is 2.37. The van der Waals surface area contributed by atoms with Crippen molar-refractivity contribution in [3.8, 4) is 17.2 Å². The lowest BCUT2D eigenvalue weighted by Crippen LogP contribution is -2.41. The van der Waals surface area contributed by atoms with Gasteiger partial charge in [0.15, 0.2) is 0 Å². The normalized spacial score (nSPS) is 18.2. The summed E-state index contributed by atoms with van der Waals surface area (Å²) in [4.78, 5) is 9.36. The molecule has 0 unspecified atom stereocenters. The van der Waals surface area contributed by atoms with E-state index in [9.17, 15) is 0 Å². The summed E-state index contributed by atoms with van der Waals surface area (Å²) in [6.45, 7) is 8.25. The summed E-state index contributed by atoms with van der Waals surface area (Å²) in [5.41, 5.74) is 3.19. The lowest BCUT2D eigenvalue weighted by Gasteiger charge is -2.32. The van der Waals surface area contributed by atoms with Gasteiger partial charge in [0, 0.05) is 17.8 Å². The van der Waals surface area contributed by atoms with Crippen LogP contribution < -0.4 is 5.46 Å². The van der Waals surface area contributed by atoms with Gasteiger partial charge in [0.1, 0.15) is 5.82 Å². The second kappa shape index (κ2) is 5.90. The SMILES string of the molecule is CC1(C)OB(c2ccnc(-n3cccc4nc5ccccc5c3-4)c2)OC1(C)C. The summed E-state index contributed by atoms with van der Waals surface area (Å²) in [7, 11) is -0.416. The number of nitrogens with zero attached hydrogens (tertiary/aromatic N) is 3. The van der Waals surface area contributed by atoms with Crippen molar-refractivity contribution in [2.24, 2.45) is 0 Å². The Morgan fingerprint density at radius 2 is 1.68 bits per heavy atom. The minimum Gasteiger partial charge on any atom is -0.399 e. The maximum Gasteiger partial charge on any atom is 0.495 e. The van der Waals surface area contributed by atoms with Crippen molar-refractivity contribution in [2.45, 2.75) is 38.9 Å². The number of fused-ring (bicyclic) bond motifs is 3. The molecule has 140 valence electrons. The molecule has 0 aliphatic carbocycles. The van der Waals surface area contributed by atoms with Crippen LogP contribution in [0.2, 0.25) is 0 Å². The Labute approximate surface area is 164 Å². The highest BCUT2D eigenvalue weighted by molar-refractivity contribution is 6.62. The van der Waals surface area contributed by atoms with E-state index in [1.165, 1.54) is 0 Å². The molecule has 6 heteroatoms.